The molecule has 0 spiro atoms. The highest BCUT2D eigenvalue weighted by atomic mass is 16.5. The molecular formula is C10H13NO3. The van der Waals surface area contributed by atoms with Gasteiger partial charge in [-0.2, -0.15) is 0 Å². The van der Waals surface area contributed by atoms with Crippen molar-refractivity contribution in [2.75, 3.05) is 13.7 Å². The molecule has 4 heteroatoms. The number of carbonyl (C=O) groups excluding carboxylic acids is 2. The second-order valence-electron chi connectivity index (χ2n) is 3.85. The van der Waals surface area contributed by atoms with Gasteiger partial charge in [0, 0.05) is 18.9 Å². The lowest BCUT2D eigenvalue weighted by Crippen LogP contribution is -2.54. The zero-order valence-electron chi connectivity index (χ0n) is 8.32. The summed E-state index contributed by atoms with van der Waals surface area (Å²) < 4.78 is 4.63. The third-order valence-electron chi connectivity index (χ3n) is 3.00. The molecule has 1 saturated heterocycles. The van der Waals surface area contributed by atoms with Gasteiger partial charge in [-0.1, -0.05) is 11.6 Å². The topological polar surface area (TPSA) is 46.6 Å². The molecule has 1 aliphatic carbocycles. The largest absolute Gasteiger partial charge is 0.453 e. The fraction of sp³-hybridized carbons (Fsp3) is 0.600. The van der Waals surface area contributed by atoms with Crippen LogP contribution in [0.5, 0.6) is 0 Å². The Bertz CT molecular complexity index is 321. The molecule has 0 radical (unpaired) electrons. The van der Waals surface area contributed by atoms with Crippen molar-refractivity contribution in [2.24, 2.45) is 5.92 Å². The molecule has 3 rings (SSSR count). The summed E-state index contributed by atoms with van der Waals surface area (Å²) in [6.45, 7) is 2.63. The zero-order valence-corrected chi connectivity index (χ0v) is 8.32. The molecule has 2 atom stereocenters. The maximum absolute atomic E-state index is 11.5. The summed E-state index contributed by atoms with van der Waals surface area (Å²) in [7, 11) is 1.34. The predicted molar refractivity (Wildman–Crippen MR) is 49.8 cm³/mol. The van der Waals surface area contributed by atoms with Crippen LogP contribution in [0.4, 0.5) is 4.79 Å². The van der Waals surface area contributed by atoms with E-state index in [-0.39, 0.29) is 17.7 Å². The van der Waals surface area contributed by atoms with Crippen molar-refractivity contribution in [1.82, 2.24) is 4.90 Å². The number of amides is 1. The molecule has 0 N–H and O–H groups in total. The molecule has 2 bridgehead atoms. The van der Waals surface area contributed by atoms with Gasteiger partial charge in [0.25, 0.3) is 0 Å². The van der Waals surface area contributed by atoms with Gasteiger partial charge in [-0.15, -0.1) is 0 Å². The minimum absolute atomic E-state index is 0.122. The van der Waals surface area contributed by atoms with E-state index in [0.29, 0.717) is 13.0 Å². The van der Waals surface area contributed by atoms with Crippen LogP contribution >= 0.6 is 0 Å². The Morgan fingerprint density at radius 1 is 1.64 bits per heavy atom. The van der Waals surface area contributed by atoms with Crippen LogP contribution in [-0.2, 0) is 9.53 Å². The fourth-order valence-corrected chi connectivity index (χ4v) is 2.13. The highest BCUT2D eigenvalue weighted by Crippen LogP contribution is 2.32. The first kappa shape index (κ1) is 9.24. The summed E-state index contributed by atoms with van der Waals surface area (Å²) in [5.74, 6) is 0.323. The van der Waals surface area contributed by atoms with Gasteiger partial charge < -0.3 is 4.74 Å². The Hall–Kier alpha value is -1.32. The molecule has 14 heavy (non-hydrogen) atoms. The van der Waals surface area contributed by atoms with Crippen LogP contribution in [0.3, 0.4) is 0 Å². The highest BCUT2D eigenvalue weighted by molar-refractivity contribution is 5.92. The van der Waals surface area contributed by atoms with Gasteiger partial charge in [0.1, 0.15) is 6.04 Å². The van der Waals surface area contributed by atoms with Crippen molar-refractivity contribution in [3.8, 4) is 0 Å². The van der Waals surface area contributed by atoms with Crippen LogP contribution in [0.25, 0.3) is 0 Å². The van der Waals surface area contributed by atoms with E-state index in [0.717, 1.165) is 0 Å². The Balaban J connectivity index is 2.27. The van der Waals surface area contributed by atoms with Crippen molar-refractivity contribution in [2.45, 2.75) is 19.4 Å². The number of Topliss-reactive ketones (excluding diaryl/α,β-unsaturated/α-hetero) is 1. The van der Waals surface area contributed by atoms with Crippen molar-refractivity contribution >= 4 is 11.9 Å². The molecule has 0 aromatic rings. The molecule has 0 aromatic carbocycles. The van der Waals surface area contributed by atoms with Gasteiger partial charge in [0.15, 0.2) is 5.78 Å². The second kappa shape index (κ2) is 3.12. The third-order valence-corrected chi connectivity index (χ3v) is 3.00. The van der Waals surface area contributed by atoms with Crippen LogP contribution in [0.15, 0.2) is 11.6 Å². The van der Waals surface area contributed by atoms with Crippen molar-refractivity contribution in [1.29, 1.82) is 0 Å². The van der Waals surface area contributed by atoms with Crippen LogP contribution in [-0.4, -0.2) is 36.5 Å². The predicted octanol–water partition coefficient (Wildman–Crippen LogP) is 0.972. The van der Waals surface area contributed by atoms with Gasteiger partial charge in [-0.3, -0.25) is 9.69 Å². The number of carbonyl (C=O) groups is 2. The Morgan fingerprint density at radius 3 is 2.93 bits per heavy atom. The van der Waals surface area contributed by atoms with E-state index < -0.39 is 6.09 Å². The molecular weight excluding hydrogens is 182 g/mol. The van der Waals surface area contributed by atoms with Gasteiger partial charge in [-0.05, 0) is 6.92 Å². The minimum Gasteiger partial charge on any atom is -0.453 e. The van der Waals surface area contributed by atoms with Crippen LogP contribution in [0.2, 0.25) is 0 Å². The number of nitrogens with zero attached hydrogens (tertiary/aromatic N) is 1. The maximum atomic E-state index is 11.5. The number of hydrogen-bond donors (Lipinski definition) is 0. The third kappa shape index (κ3) is 1.22. The van der Waals surface area contributed by atoms with E-state index in [1.807, 2.05) is 13.0 Å². The Morgan fingerprint density at radius 2 is 2.36 bits per heavy atom. The minimum atomic E-state index is -0.406. The summed E-state index contributed by atoms with van der Waals surface area (Å²) in [5, 5.41) is 0. The molecule has 2 heterocycles. The zero-order chi connectivity index (χ0) is 10.3. The van der Waals surface area contributed by atoms with Crippen LogP contribution in [0, 0.1) is 5.92 Å². The number of hydrogen-bond acceptors (Lipinski definition) is 3. The summed E-state index contributed by atoms with van der Waals surface area (Å²) >= 11 is 0. The summed E-state index contributed by atoms with van der Waals surface area (Å²) in [6, 6.07) is -0.382. The number of ether oxygens (including phenoxy) is 1. The van der Waals surface area contributed by atoms with Gasteiger partial charge in [0.05, 0.1) is 7.11 Å². The van der Waals surface area contributed by atoms with Crippen LogP contribution in [0.1, 0.15) is 13.3 Å². The molecule has 3 aliphatic rings. The smallest absolute Gasteiger partial charge is 0.410 e. The Labute approximate surface area is 82.5 Å². The molecule has 2 unspecified atom stereocenters. The second-order valence-corrected chi connectivity index (χ2v) is 3.85. The summed E-state index contributed by atoms with van der Waals surface area (Å²) in [4.78, 5) is 24.4. The average molecular weight is 195 g/mol. The lowest BCUT2D eigenvalue weighted by molar-refractivity contribution is -0.126. The van der Waals surface area contributed by atoms with Crippen molar-refractivity contribution < 1.29 is 14.3 Å². The molecule has 1 fully saturated rings. The first-order chi connectivity index (χ1) is 6.63. The van der Waals surface area contributed by atoms with Crippen molar-refractivity contribution in [3.05, 3.63) is 11.6 Å². The first-order valence-electron chi connectivity index (χ1n) is 4.69. The number of ketones is 1. The summed E-state index contributed by atoms with van der Waals surface area (Å²) in [5.41, 5.74) is 1.22. The first-order valence-corrected chi connectivity index (χ1v) is 4.69. The highest BCUT2D eigenvalue weighted by Gasteiger charge is 2.41. The molecule has 0 aromatic heterocycles. The number of methoxy groups -OCH3 is 1. The number of piperidine rings is 1. The Kier molecular flexibility index (Phi) is 2.06. The monoisotopic (exact) mass is 195 g/mol. The van der Waals surface area contributed by atoms with Gasteiger partial charge in [-0.25, -0.2) is 4.79 Å². The van der Waals surface area contributed by atoms with E-state index in [2.05, 4.69) is 4.74 Å². The molecule has 76 valence electrons. The fourth-order valence-electron chi connectivity index (χ4n) is 2.13. The summed E-state index contributed by atoms with van der Waals surface area (Å²) in [6.07, 6.45) is 2.04. The quantitative estimate of drug-likeness (QED) is 0.541. The SMILES string of the molecule is COC(=O)N1CC2CC(=O)C1C=C2C. The lowest BCUT2D eigenvalue weighted by Gasteiger charge is -2.41. The van der Waals surface area contributed by atoms with E-state index in [1.165, 1.54) is 17.6 Å². The standard InChI is InChI=1S/C10H13NO3/c1-6-3-8-9(12)4-7(6)5-11(8)10(13)14-2/h3,7-8H,4-5H2,1-2H3. The van der Waals surface area contributed by atoms with E-state index >= 15 is 0 Å². The van der Waals surface area contributed by atoms with Gasteiger partial charge >= 0.3 is 6.09 Å². The molecule has 4 nitrogen and oxygen atoms in total. The van der Waals surface area contributed by atoms with E-state index in [9.17, 15) is 9.59 Å². The number of fused-ring (bicyclic) bond motifs is 2. The van der Waals surface area contributed by atoms with Gasteiger partial charge in [0.2, 0.25) is 0 Å². The van der Waals surface area contributed by atoms with E-state index in [1.54, 1.807) is 0 Å². The van der Waals surface area contributed by atoms with Crippen LogP contribution < -0.4 is 0 Å². The molecule has 2 aliphatic heterocycles. The number of rotatable bonds is 0. The average Bonchev–Trinajstić information content (AvgIpc) is 2.18. The van der Waals surface area contributed by atoms with Crippen molar-refractivity contribution in [3.63, 3.8) is 0 Å². The normalized spacial score (nSPS) is 30.3. The maximum Gasteiger partial charge on any atom is 0.410 e. The molecule has 0 saturated carbocycles. The van der Waals surface area contributed by atoms with E-state index in [4.69, 9.17) is 0 Å². The lowest BCUT2D eigenvalue weighted by atomic mass is 9.80. The molecule has 1 amide bonds.